The number of hydrogen-bond acceptors (Lipinski definition) is 3. The van der Waals surface area contributed by atoms with Gasteiger partial charge in [-0.05, 0) is 29.6 Å². The lowest BCUT2D eigenvalue weighted by atomic mass is 10.0. The topological polar surface area (TPSA) is 38.3 Å². The van der Waals surface area contributed by atoms with Gasteiger partial charge >= 0.3 is 5.97 Å². The van der Waals surface area contributed by atoms with Gasteiger partial charge in [-0.15, -0.1) is 0 Å². The van der Waals surface area contributed by atoms with E-state index in [0.29, 0.717) is 0 Å². The van der Waals surface area contributed by atoms with E-state index in [1.54, 1.807) is 0 Å². The van der Waals surface area contributed by atoms with Gasteiger partial charge in [0.2, 0.25) is 0 Å². The molecule has 0 bridgehead atoms. The van der Waals surface area contributed by atoms with E-state index in [0.717, 1.165) is 12.0 Å². The Kier molecular flexibility index (Phi) is 6.17. The van der Waals surface area contributed by atoms with Crippen LogP contribution in [0.25, 0.3) is 0 Å². The molecule has 0 aromatic carbocycles. The van der Waals surface area contributed by atoms with Gasteiger partial charge < -0.3 is 9.41 Å². The molecule has 0 saturated heterocycles. The zero-order valence-electron chi connectivity index (χ0n) is 17.3. The summed E-state index contributed by atoms with van der Waals surface area (Å²) in [5.41, 5.74) is 0.790. The van der Waals surface area contributed by atoms with Crippen LogP contribution in [-0.4, -0.2) is 28.6 Å². The predicted octanol–water partition coefficient (Wildman–Crippen LogP) is 5.38. The monoisotopic (exact) mass is 367 g/mol. The standard InChI is InChI=1S/C19H37NO2Si2/c1-18(2,3)23(7,8)20-16-13-11-12-15(14-16)17(21)22-24(9,10)19(4,5)6/h11-13,16,20H,14H2,1-10H3. The maximum Gasteiger partial charge on any atom is 0.320 e. The fourth-order valence-electron chi connectivity index (χ4n) is 2.06. The largest absolute Gasteiger partial charge is 0.516 e. The summed E-state index contributed by atoms with van der Waals surface area (Å²) in [6, 6.07) is 0.220. The second-order valence-corrected chi connectivity index (χ2v) is 19.8. The highest BCUT2D eigenvalue weighted by molar-refractivity contribution is 6.78. The molecule has 138 valence electrons. The van der Waals surface area contributed by atoms with Crippen LogP contribution < -0.4 is 4.98 Å². The minimum atomic E-state index is -2.08. The van der Waals surface area contributed by atoms with Crippen molar-refractivity contribution in [3.63, 3.8) is 0 Å². The molecule has 0 fully saturated rings. The van der Waals surface area contributed by atoms with Gasteiger partial charge in [-0.2, -0.15) is 0 Å². The number of carbonyl (C=O) groups is 1. The maximum absolute atomic E-state index is 12.7. The third kappa shape index (κ3) is 5.17. The van der Waals surface area contributed by atoms with Crippen molar-refractivity contribution in [3.05, 3.63) is 23.8 Å². The molecule has 0 saturated carbocycles. The third-order valence-electron chi connectivity index (χ3n) is 5.92. The highest BCUT2D eigenvalue weighted by Gasteiger charge is 2.41. The molecule has 0 aromatic rings. The van der Waals surface area contributed by atoms with E-state index in [1.165, 1.54) is 0 Å². The molecule has 1 aliphatic carbocycles. The molecule has 1 aliphatic rings. The molecular weight excluding hydrogens is 330 g/mol. The number of allylic oxidation sites excluding steroid dienone is 2. The molecule has 1 atom stereocenters. The highest BCUT2D eigenvalue weighted by Crippen LogP contribution is 2.38. The van der Waals surface area contributed by atoms with Crippen LogP contribution in [0.4, 0.5) is 0 Å². The lowest BCUT2D eigenvalue weighted by molar-refractivity contribution is -0.131. The van der Waals surface area contributed by atoms with Crippen LogP contribution >= 0.6 is 0 Å². The van der Waals surface area contributed by atoms with Crippen LogP contribution in [0.2, 0.25) is 36.3 Å². The van der Waals surface area contributed by atoms with Crippen molar-refractivity contribution < 1.29 is 9.22 Å². The second kappa shape index (κ2) is 6.92. The first-order valence-corrected chi connectivity index (χ1v) is 14.9. The molecule has 0 radical (unpaired) electrons. The Bertz CT molecular complexity index is 535. The van der Waals surface area contributed by atoms with E-state index in [1.807, 2.05) is 12.2 Å². The van der Waals surface area contributed by atoms with E-state index < -0.39 is 16.6 Å². The first-order valence-electron chi connectivity index (χ1n) is 8.95. The lowest BCUT2D eigenvalue weighted by Gasteiger charge is -2.40. The van der Waals surface area contributed by atoms with Gasteiger partial charge in [0.05, 0.1) is 0 Å². The first-order chi connectivity index (χ1) is 10.6. The van der Waals surface area contributed by atoms with Gasteiger partial charge in [0, 0.05) is 11.6 Å². The number of carbonyl (C=O) groups excluding carboxylic acids is 1. The fraction of sp³-hybridized carbons (Fsp3) is 0.737. The normalized spacial score (nSPS) is 19.9. The Labute approximate surface area is 151 Å². The minimum Gasteiger partial charge on any atom is -0.516 e. The van der Waals surface area contributed by atoms with E-state index in [-0.39, 0.29) is 22.1 Å². The average molecular weight is 368 g/mol. The molecule has 1 N–H and O–H groups in total. The third-order valence-corrected chi connectivity index (χ3v) is 15.1. The summed E-state index contributed by atoms with van der Waals surface area (Å²) in [5, 5.41) is 0.302. The Balaban J connectivity index is 2.79. The summed E-state index contributed by atoms with van der Waals surface area (Å²) in [5.74, 6) is -0.132. The van der Waals surface area contributed by atoms with Gasteiger partial charge in [0.15, 0.2) is 0 Å². The van der Waals surface area contributed by atoms with Crippen molar-refractivity contribution in [2.75, 3.05) is 0 Å². The van der Waals surface area contributed by atoms with Crippen LogP contribution in [0, 0.1) is 0 Å². The molecule has 0 amide bonds. The quantitative estimate of drug-likeness (QED) is 0.677. The summed E-state index contributed by atoms with van der Waals surface area (Å²) < 4.78 is 5.97. The van der Waals surface area contributed by atoms with Gasteiger partial charge in [0.25, 0.3) is 8.32 Å². The molecule has 5 heteroatoms. The molecule has 3 nitrogen and oxygen atoms in total. The van der Waals surface area contributed by atoms with E-state index in [2.05, 4.69) is 78.8 Å². The Hall–Kier alpha value is -0.656. The number of hydrogen-bond donors (Lipinski definition) is 1. The van der Waals surface area contributed by atoms with Gasteiger partial charge in [0.1, 0.15) is 8.24 Å². The van der Waals surface area contributed by atoms with Crippen molar-refractivity contribution in [1.82, 2.24) is 4.98 Å². The van der Waals surface area contributed by atoms with Crippen LogP contribution in [0.15, 0.2) is 23.8 Å². The molecule has 1 rings (SSSR count). The van der Waals surface area contributed by atoms with Crippen molar-refractivity contribution in [2.45, 2.75) is 90.3 Å². The molecule has 1 unspecified atom stereocenters. The SMILES string of the molecule is CC(C)(C)[Si](C)(C)NC1C=CC=C(C(=O)O[Si](C)(C)C(C)(C)C)C1. The Morgan fingerprint density at radius 2 is 1.62 bits per heavy atom. The number of rotatable bonds is 4. The van der Waals surface area contributed by atoms with Gasteiger partial charge in [-0.1, -0.05) is 72.9 Å². The molecule has 0 aromatic heterocycles. The van der Waals surface area contributed by atoms with E-state index in [9.17, 15) is 4.79 Å². The van der Waals surface area contributed by atoms with Crippen LogP contribution in [0.5, 0.6) is 0 Å². The lowest BCUT2D eigenvalue weighted by Crippen LogP contribution is -2.56. The molecular formula is C19H37NO2Si2. The summed E-state index contributed by atoms with van der Waals surface area (Å²) >= 11 is 0. The average Bonchev–Trinajstić information content (AvgIpc) is 2.35. The smallest absolute Gasteiger partial charge is 0.320 e. The highest BCUT2D eigenvalue weighted by atomic mass is 28.4. The molecule has 0 heterocycles. The molecule has 24 heavy (non-hydrogen) atoms. The van der Waals surface area contributed by atoms with Crippen molar-refractivity contribution in [1.29, 1.82) is 0 Å². The molecule has 0 aliphatic heterocycles. The van der Waals surface area contributed by atoms with Crippen LogP contribution in [0.3, 0.4) is 0 Å². The summed E-state index contributed by atoms with van der Waals surface area (Å²) in [6.45, 7) is 22.3. The zero-order chi connectivity index (χ0) is 19.0. The summed E-state index contributed by atoms with van der Waals surface area (Å²) in [6.07, 6.45) is 6.80. The molecule has 0 spiro atoms. The van der Waals surface area contributed by atoms with E-state index >= 15 is 0 Å². The van der Waals surface area contributed by atoms with Crippen molar-refractivity contribution in [2.24, 2.45) is 0 Å². The first kappa shape index (κ1) is 21.4. The Morgan fingerprint density at radius 1 is 1.08 bits per heavy atom. The second-order valence-electron chi connectivity index (χ2n) is 10.1. The van der Waals surface area contributed by atoms with Crippen LogP contribution in [-0.2, 0) is 9.22 Å². The van der Waals surface area contributed by atoms with E-state index in [4.69, 9.17) is 4.43 Å². The minimum absolute atomic E-state index is 0.0342. The van der Waals surface area contributed by atoms with Crippen molar-refractivity contribution >= 4 is 22.5 Å². The summed E-state index contributed by atoms with van der Waals surface area (Å²) in [4.78, 5) is 16.5. The fourth-order valence-corrected chi connectivity index (χ4v) is 4.52. The zero-order valence-corrected chi connectivity index (χ0v) is 19.3. The number of nitrogens with one attached hydrogen (secondary N) is 1. The van der Waals surface area contributed by atoms with Crippen LogP contribution in [0.1, 0.15) is 48.0 Å². The van der Waals surface area contributed by atoms with Gasteiger partial charge in [-0.25, -0.2) is 4.79 Å². The Morgan fingerprint density at radius 3 is 2.08 bits per heavy atom. The predicted molar refractivity (Wildman–Crippen MR) is 109 cm³/mol. The summed E-state index contributed by atoms with van der Waals surface area (Å²) in [7, 11) is -3.68. The van der Waals surface area contributed by atoms with Crippen molar-refractivity contribution in [3.8, 4) is 0 Å². The maximum atomic E-state index is 12.7. The van der Waals surface area contributed by atoms with Gasteiger partial charge in [-0.3, -0.25) is 0 Å².